The molecule has 9 nitrogen and oxygen atoms in total. The third-order valence-electron chi connectivity index (χ3n) is 6.89. The molecule has 0 saturated heterocycles. The SMILES string of the molecule is CCN(CC)CCN(C)C(=O)c1ccc(Nc2nccc(N(C(=O)O)C3CCc4ccccc43)n2)cc1. The van der Waals surface area contributed by atoms with Crippen molar-refractivity contribution in [1.29, 1.82) is 0 Å². The molecule has 0 aliphatic heterocycles. The molecular weight excluding hydrogens is 468 g/mol. The van der Waals surface area contributed by atoms with Crippen LogP contribution in [0.25, 0.3) is 0 Å². The maximum atomic E-state index is 12.8. The van der Waals surface area contributed by atoms with Gasteiger partial charge in [0.15, 0.2) is 0 Å². The van der Waals surface area contributed by atoms with E-state index in [2.05, 4.69) is 34.0 Å². The number of aryl methyl sites for hydroxylation is 1. The van der Waals surface area contributed by atoms with Crippen LogP contribution in [0.3, 0.4) is 0 Å². The van der Waals surface area contributed by atoms with Crippen LogP contribution in [0.4, 0.5) is 22.2 Å². The quantitative estimate of drug-likeness (QED) is 0.410. The number of rotatable bonds is 10. The van der Waals surface area contributed by atoms with Gasteiger partial charge in [0.1, 0.15) is 5.82 Å². The van der Waals surface area contributed by atoms with Crippen molar-refractivity contribution in [3.8, 4) is 0 Å². The maximum absolute atomic E-state index is 12.8. The molecule has 2 amide bonds. The lowest BCUT2D eigenvalue weighted by Gasteiger charge is -2.26. The number of nitrogens with one attached hydrogen (secondary N) is 1. The number of nitrogens with zero attached hydrogens (tertiary/aromatic N) is 5. The van der Waals surface area contributed by atoms with Crippen molar-refractivity contribution in [2.75, 3.05) is 43.4 Å². The van der Waals surface area contributed by atoms with Crippen LogP contribution in [0.5, 0.6) is 0 Å². The number of carbonyl (C=O) groups is 2. The average Bonchev–Trinajstić information content (AvgIpc) is 3.33. The van der Waals surface area contributed by atoms with Crippen LogP contribution in [-0.2, 0) is 6.42 Å². The lowest BCUT2D eigenvalue weighted by Crippen LogP contribution is -2.36. The van der Waals surface area contributed by atoms with E-state index in [-0.39, 0.29) is 17.9 Å². The topological polar surface area (TPSA) is 102 Å². The number of amides is 2. The first-order chi connectivity index (χ1) is 17.9. The van der Waals surface area contributed by atoms with Gasteiger partial charge in [-0.05, 0) is 67.4 Å². The Labute approximate surface area is 217 Å². The van der Waals surface area contributed by atoms with Crippen LogP contribution in [0.1, 0.15) is 47.8 Å². The van der Waals surface area contributed by atoms with E-state index < -0.39 is 6.09 Å². The number of likely N-dealkylation sites (N-methyl/N-ethyl adjacent to an activating group) is 2. The molecule has 2 aromatic carbocycles. The van der Waals surface area contributed by atoms with Gasteiger partial charge in [0, 0.05) is 37.6 Å². The first kappa shape index (κ1) is 26.1. The minimum absolute atomic E-state index is 0.0362. The van der Waals surface area contributed by atoms with Gasteiger partial charge in [0.05, 0.1) is 6.04 Å². The van der Waals surface area contributed by atoms with Crippen LogP contribution in [0, 0.1) is 0 Å². The van der Waals surface area contributed by atoms with Crippen molar-refractivity contribution >= 4 is 29.5 Å². The van der Waals surface area contributed by atoms with Gasteiger partial charge in [-0.3, -0.25) is 9.69 Å². The molecule has 0 fully saturated rings. The Balaban J connectivity index is 1.44. The molecule has 1 aliphatic rings. The second kappa shape index (κ2) is 11.8. The first-order valence-corrected chi connectivity index (χ1v) is 12.7. The zero-order chi connectivity index (χ0) is 26.4. The molecule has 37 heavy (non-hydrogen) atoms. The number of aromatic nitrogens is 2. The van der Waals surface area contributed by atoms with Crippen molar-refractivity contribution in [3.63, 3.8) is 0 Å². The highest BCUT2D eigenvalue weighted by Crippen LogP contribution is 2.37. The van der Waals surface area contributed by atoms with Crippen LogP contribution in [-0.4, -0.2) is 70.1 Å². The van der Waals surface area contributed by atoms with E-state index in [1.165, 1.54) is 10.5 Å². The molecule has 194 valence electrons. The van der Waals surface area contributed by atoms with E-state index in [1.54, 1.807) is 41.4 Å². The smallest absolute Gasteiger partial charge is 0.413 e. The molecule has 1 unspecified atom stereocenters. The molecule has 4 rings (SSSR count). The lowest BCUT2D eigenvalue weighted by molar-refractivity contribution is 0.0779. The molecule has 1 atom stereocenters. The third kappa shape index (κ3) is 6.06. The van der Waals surface area contributed by atoms with Crippen molar-refractivity contribution in [2.24, 2.45) is 0 Å². The number of carboxylic acid groups (broad SMARTS) is 1. The second-order valence-electron chi connectivity index (χ2n) is 9.10. The molecule has 0 saturated carbocycles. The van der Waals surface area contributed by atoms with Gasteiger partial charge in [0.2, 0.25) is 5.95 Å². The predicted octanol–water partition coefficient (Wildman–Crippen LogP) is 4.81. The fraction of sp³-hybridized carbons (Fsp3) is 0.357. The normalized spacial score (nSPS) is 14.3. The monoisotopic (exact) mass is 502 g/mol. The Bertz CT molecular complexity index is 1230. The molecule has 3 aromatic rings. The summed E-state index contributed by atoms with van der Waals surface area (Å²) in [5.74, 6) is 0.560. The molecular formula is C28H34N6O3. The lowest BCUT2D eigenvalue weighted by atomic mass is 10.1. The highest BCUT2D eigenvalue weighted by molar-refractivity contribution is 5.94. The Kier molecular flexibility index (Phi) is 8.35. The summed E-state index contributed by atoms with van der Waals surface area (Å²) in [7, 11) is 1.81. The predicted molar refractivity (Wildman–Crippen MR) is 145 cm³/mol. The zero-order valence-corrected chi connectivity index (χ0v) is 21.6. The molecule has 0 bridgehead atoms. The van der Waals surface area contributed by atoms with Crippen molar-refractivity contribution in [1.82, 2.24) is 19.8 Å². The van der Waals surface area contributed by atoms with Gasteiger partial charge in [-0.15, -0.1) is 0 Å². The fourth-order valence-corrected chi connectivity index (χ4v) is 4.72. The molecule has 0 radical (unpaired) electrons. The summed E-state index contributed by atoms with van der Waals surface area (Å²) >= 11 is 0. The summed E-state index contributed by atoms with van der Waals surface area (Å²) in [6.45, 7) is 7.64. The van der Waals surface area contributed by atoms with Gasteiger partial charge in [-0.25, -0.2) is 9.78 Å². The minimum atomic E-state index is -1.06. The Morgan fingerprint density at radius 3 is 2.46 bits per heavy atom. The van der Waals surface area contributed by atoms with Gasteiger partial charge in [-0.1, -0.05) is 38.1 Å². The number of benzene rings is 2. The third-order valence-corrected chi connectivity index (χ3v) is 6.89. The van der Waals surface area contributed by atoms with E-state index >= 15 is 0 Å². The van der Waals surface area contributed by atoms with Crippen LogP contribution in [0.15, 0.2) is 60.8 Å². The van der Waals surface area contributed by atoms with E-state index in [1.807, 2.05) is 31.3 Å². The Morgan fingerprint density at radius 2 is 1.76 bits per heavy atom. The van der Waals surface area contributed by atoms with Gasteiger partial charge in [0.25, 0.3) is 5.91 Å². The highest BCUT2D eigenvalue weighted by atomic mass is 16.4. The average molecular weight is 503 g/mol. The van der Waals surface area contributed by atoms with Crippen molar-refractivity contribution in [2.45, 2.75) is 32.7 Å². The Hall–Kier alpha value is -3.98. The minimum Gasteiger partial charge on any atom is -0.465 e. The standard InChI is InChI=1S/C28H34N6O3/c1-4-33(5-2)19-18-32(3)26(35)21-10-13-22(14-11-21)30-27-29-17-16-25(31-27)34(28(36)37)24-15-12-20-8-6-7-9-23(20)24/h6-11,13-14,16-17,24H,4-5,12,15,18-19H2,1-3H3,(H,36,37)(H,29,30,31). The van der Waals surface area contributed by atoms with Gasteiger partial charge >= 0.3 is 6.09 Å². The van der Waals surface area contributed by atoms with Crippen LogP contribution < -0.4 is 10.2 Å². The first-order valence-electron chi connectivity index (χ1n) is 12.7. The molecule has 1 aromatic heterocycles. The van der Waals surface area contributed by atoms with E-state index in [0.29, 0.717) is 30.0 Å². The summed E-state index contributed by atoms with van der Waals surface area (Å²) in [6, 6.07) is 16.4. The maximum Gasteiger partial charge on any atom is 0.413 e. The molecule has 1 aliphatic carbocycles. The van der Waals surface area contributed by atoms with Gasteiger partial charge < -0.3 is 20.2 Å². The number of anilines is 3. The molecule has 0 spiro atoms. The zero-order valence-electron chi connectivity index (χ0n) is 21.6. The van der Waals surface area contributed by atoms with E-state index in [0.717, 1.165) is 31.6 Å². The van der Waals surface area contributed by atoms with Crippen LogP contribution in [0.2, 0.25) is 0 Å². The summed E-state index contributed by atoms with van der Waals surface area (Å²) in [5, 5.41) is 13.1. The van der Waals surface area contributed by atoms with Crippen molar-refractivity contribution in [3.05, 3.63) is 77.5 Å². The molecule has 1 heterocycles. The largest absolute Gasteiger partial charge is 0.465 e. The highest BCUT2D eigenvalue weighted by Gasteiger charge is 2.33. The fourth-order valence-electron chi connectivity index (χ4n) is 4.72. The Morgan fingerprint density at radius 1 is 1.03 bits per heavy atom. The van der Waals surface area contributed by atoms with Gasteiger partial charge in [-0.2, -0.15) is 4.98 Å². The number of fused-ring (bicyclic) bond motifs is 1. The summed E-state index contributed by atoms with van der Waals surface area (Å²) < 4.78 is 0. The van der Waals surface area contributed by atoms with Crippen LogP contribution >= 0.6 is 0 Å². The number of carbonyl (C=O) groups excluding carboxylic acids is 1. The summed E-state index contributed by atoms with van der Waals surface area (Å²) in [5.41, 5.74) is 3.48. The van der Waals surface area contributed by atoms with E-state index in [9.17, 15) is 14.7 Å². The molecule has 2 N–H and O–H groups in total. The molecule has 9 heteroatoms. The van der Waals surface area contributed by atoms with Crippen molar-refractivity contribution < 1.29 is 14.7 Å². The second-order valence-corrected chi connectivity index (χ2v) is 9.10. The summed E-state index contributed by atoms with van der Waals surface area (Å²) in [4.78, 5) is 39.1. The summed E-state index contributed by atoms with van der Waals surface area (Å²) in [6.07, 6.45) is 2.03. The number of hydrogen-bond acceptors (Lipinski definition) is 6. The van der Waals surface area contributed by atoms with E-state index in [4.69, 9.17) is 0 Å². The number of hydrogen-bond donors (Lipinski definition) is 2.